The number of ether oxygens (including phenoxy) is 2. The lowest BCUT2D eigenvalue weighted by atomic mass is 10.2. The fourth-order valence-electron chi connectivity index (χ4n) is 2.45. The van der Waals surface area contributed by atoms with Crippen LogP contribution in [0.15, 0.2) is 0 Å². The summed E-state index contributed by atoms with van der Waals surface area (Å²) in [7, 11) is -3.26. The largest absolute Gasteiger partial charge is 0.381 e. The van der Waals surface area contributed by atoms with E-state index in [1.807, 2.05) is 6.92 Å². The number of rotatable bonds is 3. The topological polar surface area (TPSA) is 81.9 Å². The predicted octanol–water partition coefficient (Wildman–Crippen LogP) is -0.457. The molecule has 0 aromatic heterocycles. The lowest BCUT2D eigenvalue weighted by molar-refractivity contribution is -0.0228. The van der Waals surface area contributed by atoms with E-state index in [1.54, 1.807) is 4.31 Å². The van der Waals surface area contributed by atoms with Crippen LogP contribution in [0.4, 0.5) is 0 Å². The van der Waals surface area contributed by atoms with Gasteiger partial charge in [0.1, 0.15) is 0 Å². The van der Waals surface area contributed by atoms with Crippen LogP contribution in [0.25, 0.3) is 0 Å². The predicted molar refractivity (Wildman–Crippen MR) is 67.7 cm³/mol. The van der Waals surface area contributed by atoms with Crippen LogP contribution in [0.1, 0.15) is 19.8 Å². The molecule has 2 atom stereocenters. The van der Waals surface area contributed by atoms with Crippen molar-refractivity contribution in [2.45, 2.75) is 37.2 Å². The Bertz CT molecular complexity index is 367. The normalized spacial score (nSPS) is 32.6. The Morgan fingerprint density at radius 3 is 2.61 bits per heavy atom. The molecule has 0 aliphatic carbocycles. The zero-order valence-corrected chi connectivity index (χ0v) is 11.6. The van der Waals surface area contributed by atoms with Crippen molar-refractivity contribution in [3.05, 3.63) is 0 Å². The smallest absolute Gasteiger partial charge is 0.217 e. The monoisotopic (exact) mass is 278 g/mol. The van der Waals surface area contributed by atoms with E-state index in [2.05, 4.69) is 0 Å². The summed E-state index contributed by atoms with van der Waals surface area (Å²) in [6, 6.07) is -0.111. The quantitative estimate of drug-likeness (QED) is 0.755. The van der Waals surface area contributed by atoms with Crippen LogP contribution in [-0.2, 0) is 19.5 Å². The van der Waals surface area contributed by atoms with Crippen molar-refractivity contribution in [1.29, 1.82) is 0 Å². The van der Waals surface area contributed by atoms with E-state index in [0.29, 0.717) is 45.8 Å². The summed E-state index contributed by atoms with van der Waals surface area (Å²) in [6.07, 6.45) is 0.982. The van der Waals surface area contributed by atoms with Crippen molar-refractivity contribution in [3.8, 4) is 0 Å². The van der Waals surface area contributed by atoms with Crippen LogP contribution >= 0.6 is 0 Å². The molecule has 2 saturated heterocycles. The van der Waals surface area contributed by atoms with E-state index in [0.717, 1.165) is 0 Å². The minimum Gasteiger partial charge on any atom is -0.381 e. The van der Waals surface area contributed by atoms with Gasteiger partial charge >= 0.3 is 0 Å². The van der Waals surface area contributed by atoms with Crippen LogP contribution in [-0.4, -0.2) is 63.0 Å². The zero-order valence-electron chi connectivity index (χ0n) is 10.7. The third-order valence-corrected chi connectivity index (χ3v) is 6.10. The summed E-state index contributed by atoms with van der Waals surface area (Å²) >= 11 is 0. The van der Waals surface area contributed by atoms with E-state index >= 15 is 0 Å². The van der Waals surface area contributed by atoms with Gasteiger partial charge in [0, 0.05) is 32.3 Å². The van der Waals surface area contributed by atoms with E-state index < -0.39 is 10.0 Å². The van der Waals surface area contributed by atoms with Crippen molar-refractivity contribution in [3.63, 3.8) is 0 Å². The average Bonchev–Trinajstić information content (AvgIpc) is 2.40. The highest BCUT2D eigenvalue weighted by molar-refractivity contribution is 7.89. The molecule has 2 unspecified atom stereocenters. The summed E-state index contributed by atoms with van der Waals surface area (Å²) in [5.41, 5.74) is 5.57. The second-order valence-corrected chi connectivity index (χ2v) is 7.13. The molecule has 0 bridgehead atoms. The number of nitrogens with zero attached hydrogens (tertiary/aromatic N) is 1. The van der Waals surface area contributed by atoms with Crippen LogP contribution in [0, 0.1) is 0 Å². The Hall–Kier alpha value is -0.210. The van der Waals surface area contributed by atoms with Gasteiger partial charge in [0.2, 0.25) is 10.0 Å². The number of nitrogens with two attached hydrogens (primary N) is 1. The molecule has 0 aromatic carbocycles. The van der Waals surface area contributed by atoms with Crippen molar-refractivity contribution < 1.29 is 17.9 Å². The Labute approximate surface area is 108 Å². The number of morpholine rings is 1. The van der Waals surface area contributed by atoms with Crippen LogP contribution < -0.4 is 5.73 Å². The first-order valence-corrected chi connectivity index (χ1v) is 7.96. The maximum atomic E-state index is 12.6. The highest BCUT2D eigenvalue weighted by Gasteiger charge is 2.39. The highest BCUT2D eigenvalue weighted by atomic mass is 32.2. The standard InChI is InChI=1S/C11H22N2O4S/c1-9-8-17-10(6-12)7-13(9)18(14,15)11-2-4-16-5-3-11/h9-11H,2-8,12H2,1H3. The summed E-state index contributed by atoms with van der Waals surface area (Å²) in [4.78, 5) is 0. The third-order valence-electron chi connectivity index (χ3n) is 3.63. The summed E-state index contributed by atoms with van der Waals surface area (Å²) in [5.74, 6) is 0. The van der Waals surface area contributed by atoms with Gasteiger partial charge in [-0.05, 0) is 19.8 Å². The first-order chi connectivity index (χ1) is 8.55. The summed E-state index contributed by atoms with van der Waals surface area (Å²) in [6.45, 7) is 4.09. The molecule has 7 heteroatoms. The van der Waals surface area contributed by atoms with E-state index in [1.165, 1.54) is 0 Å². The van der Waals surface area contributed by atoms with Crippen LogP contribution in [0.5, 0.6) is 0 Å². The molecule has 2 aliphatic rings. The zero-order chi connectivity index (χ0) is 13.2. The van der Waals surface area contributed by atoms with Crippen LogP contribution in [0.2, 0.25) is 0 Å². The molecule has 2 heterocycles. The van der Waals surface area contributed by atoms with Gasteiger partial charge in [0.05, 0.1) is 18.0 Å². The van der Waals surface area contributed by atoms with E-state index in [9.17, 15) is 8.42 Å². The lowest BCUT2D eigenvalue weighted by Gasteiger charge is -2.39. The van der Waals surface area contributed by atoms with Crippen molar-refractivity contribution in [1.82, 2.24) is 4.31 Å². The SMILES string of the molecule is CC1COC(CN)CN1S(=O)(=O)C1CCOCC1. The maximum absolute atomic E-state index is 12.6. The molecular weight excluding hydrogens is 256 g/mol. The third kappa shape index (κ3) is 2.85. The minimum absolute atomic E-state index is 0.111. The summed E-state index contributed by atoms with van der Waals surface area (Å²) in [5, 5.41) is -0.315. The second-order valence-electron chi connectivity index (χ2n) is 4.97. The molecule has 2 aliphatic heterocycles. The van der Waals surface area contributed by atoms with Gasteiger partial charge in [-0.25, -0.2) is 8.42 Å². The molecule has 6 nitrogen and oxygen atoms in total. The van der Waals surface area contributed by atoms with Crippen molar-refractivity contribution in [2.75, 3.05) is 32.9 Å². The van der Waals surface area contributed by atoms with Gasteiger partial charge in [-0.15, -0.1) is 0 Å². The van der Waals surface area contributed by atoms with Gasteiger partial charge in [-0.2, -0.15) is 4.31 Å². The molecule has 2 N–H and O–H groups in total. The van der Waals surface area contributed by atoms with Crippen molar-refractivity contribution >= 4 is 10.0 Å². The molecule has 0 radical (unpaired) electrons. The Morgan fingerprint density at radius 2 is 2.00 bits per heavy atom. The van der Waals surface area contributed by atoms with Gasteiger partial charge in [0.25, 0.3) is 0 Å². The fourth-order valence-corrected chi connectivity index (χ4v) is 4.56. The van der Waals surface area contributed by atoms with Crippen LogP contribution in [0.3, 0.4) is 0 Å². The van der Waals surface area contributed by atoms with Gasteiger partial charge < -0.3 is 15.2 Å². The Balaban J connectivity index is 2.11. The maximum Gasteiger partial charge on any atom is 0.217 e. The number of sulfonamides is 1. The van der Waals surface area contributed by atoms with Crippen molar-refractivity contribution in [2.24, 2.45) is 5.73 Å². The molecule has 2 rings (SSSR count). The Kier molecular flexibility index (Phi) is 4.60. The summed E-state index contributed by atoms with van der Waals surface area (Å²) < 4.78 is 37.5. The van der Waals surface area contributed by atoms with E-state index in [-0.39, 0.29) is 17.4 Å². The second kappa shape index (κ2) is 5.83. The fraction of sp³-hybridized carbons (Fsp3) is 1.00. The molecule has 0 saturated carbocycles. The lowest BCUT2D eigenvalue weighted by Crippen LogP contribution is -2.55. The molecule has 0 amide bonds. The molecule has 2 fully saturated rings. The molecular formula is C11H22N2O4S. The Morgan fingerprint density at radius 1 is 1.33 bits per heavy atom. The molecule has 0 spiro atoms. The first kappa shape index (κ1) is 14.2. The van der Waals surface area contributed by atoms with Gasteiger partial charge in [-0.3, -0.25) is 0 Å². The van der Waals surface area contributed by atoms with Gasteiger partial charge in [-0.1, -0.05) is 0 Å². The average molecular weight is 278 g/mol. The van der Waals surface area contributed by atoms with E-state index in [4.69, 9.17) is 15.2 Å². The van der Waals surface area contributed by atoms with Gasteiger partial charge in [0.15, 0.2) is 0 Å². The first-order valence-electron chi connectivity index (χ1n) is 6.45. The molecule has 0 aromatic rings. The molecule has 106 valence electrons. The number of hydrogen-bond donors (Lipinski definition) is 1. The number of hydrogen-bond acceptors (Lipinski definition) is 5. The molecule has 18 heavy (non-hydrogen) atoms. The minimum atomic E-state index is -3.26. The highest BCUT2D eigenvalue weighted by Crippen LogP contribution is 2.24.